The van der Waals surface area contributed by atoms with Crippen LogP contribution < -0.4 is 4.74 Å². The second-order valence-electron chi connectivity index (χ2n) is 6.26. The number of hydrogen-bond acceptors (Lipinski definition) is 5. The Labute approximate surface area is 147 Å². The van der Waals surface area contributed by atoms with Crippen LogP contribution in [0.15, 0.2) is 48.5 Å². The van der Waals surface area contributed by atoms with E-state index in [1.54, 1.807) is 36.4 Å². The van der Waals surface area contributed by atoms with E-state index in [2.05, 4.69) is 0 Å². The molecule has 0 spiro atoms. The van der Waals surface area contributed by atoms with Crippen LogP contribution in [-0.2, 0) is 4.74 Å². The van der Waals surface area contributed by atoms with Crippen molar-refractivity contribution in [2.24, 2.45) is 0 Å². The molecule has 0 aliphatic heterocycles. The first-order valence-electron chi connectivity index (χ1n) is 8.01. The number of hydrogen-bond donors (Lipinski definition) is 1. The first-order valence-corrected chi connectivity index (χ1v) is 8.01. The number of rotatable bonds is 7. The molecule has 0 saturated heterocycles. The van der Waals surface area contributed by atoms with E-state index in [1.807, 2.05) is 19.1 Å². The van der Waals surface area contributed by atoms with E-state index in [-0.39, 0.29) is 19.0 Å². The number of esters is 1. The maximum absolute atomic E-state index is 11.9. The largest absolute Gasteiger partial charge is 0.490 e. The molecule has 2 rings (SSSR count). The second-order valence-corrected chi connectivity index (χ2v) is 6.26. The molecule has 0 aliphatic rings. The Bertz CT molecular complexity index is 724. The highest BCUT2D eigenvalue weighted by atomic mass is 16.6. The molecule has 0 heterocycles. The average molecular weight is 342 g/mol. The van der Waals surface area contributed by atoms with Gasteiger partial charge in [0.1, 0.15) is 24.6 Å². The number of ether oxygens (including phenoxy) is 2. The third-order valence-corrected chi connectivity index (χ3v) is 3.54. The smallest absolute Gasteiger partial charge is 0.338 e. The van der Waals surface area contributed by atoms with Crippen LogP contribution in [0.5, 0.6) is 5.75 Å². The predicted octanol–water partition coefficient (Wildman–Crippen LogP) is 3.18. The molecule has 0 radical (unpaired) electrons. The van der Waals surface area contributed by atoms with E-state index >= 15 is 0 Å². The van der Waals surface area contributed by atoms with Crippen LogP contribution in [0.25, 0.3) is 0 Å². The topological polar surface area (TPSA) is 72.8 Å². The van der Waals surface area contributed by atoms with Crippen molar-refractivity contribution in [3.63, 3.8) is 0 Å². The zero-order valence-electron chi connectivity index (χ0n) is 14.6. The van der Waals surface area contributed by atoms with Crippen LogP contribution in [0.1, 0.15) is 40.1 Å². The standard InChI is InChI=1S/C20H22O5/c1-14-4-6-16(7-5-14)19(22)25-13-12-24-17-10-8-15(9-11-17)18(21)20(2,3)23/h4-11,23H,12-13H2,1-3H3. The van der Waals surface area contributed by atoms with Gasteiger partial charge in [-0.25, -0.2) is 4.79 Å². The van der Waals surface area contributed by atoms with Crippen LogP contribution in [0.2, 0.25) is 0 Å². The molecule has 0 fully saturated rings. The molecule has 5 nitrogen and oxygen atoms in total. The fourth-order valence-electron chi connectivity index (χ4n) is 2.12. The van der Waals surface area contributed by atoms with E-state index < -0.39 is 11.6 Å². The summed E-state index contributed by atoms with van der Waals surface area (Å²) in [6.45, 7) is 5.17. The lowest BCUT2D eigenvalue weighted by Crippen LogP contribution is -2.30. The quantitative estimate of drug-likeness (QED) is 0.475. The summed E-state index contributed by atoms with van der Waals surface area (Å²) in [5.74, 6) is -0.195. The van der Waals surface area contributed by atoms with E-state index in [4.69, 9.17) is 9.47 Å². The zero-order valence-corrected chi connectivity index (χ0v) is 14.6. The van der Waals surface area contributed by atoms with Gasteiger partial charge in [-0.2, -0.15) is 0 Å². The monoisotopic (exact) mass is 342 g/mol. The van der Waals surface area contributed by atoms with Gasteiger partial charge < -0.3 is 14.6 Å². The fraction of sp³-hybridized carbons (Fsp3) is 0.300. The van der Waals surface area contributed by atoms with Crippen LogP contribution in [0.3, 0.4) is 0 Å². The minimum atomic E-state index is -1.41. The third kappa shape index (κ3) is 5.43. The van der Waals surface area contributed by atoms with Gasteiger partial charge in [-0.3, -0.25) is 4.79 Å². The van der Waals surface area contributed by atoms with Gasteiger partial charge in [0.25, 0.3) is 0 Å². The zero-order chi connectivity index (χ0) is 18.4. The minimum Gasteiger partial charge on any atom is -0.490 e. The van der Waals surface area contributed by atoms with Crippen LogP contribution in [0, 0.1) is 6.92 Å². The van der Waals surface area contributed by atoms with Gasteiger partial charge in [-0.05, 0) is 57.2 Å². The number of ketones is 1. The van der Waals surface area contributed by atoms with Crippen LogP contribution >= 0.6 is 0 Å². The molecule has 0 aliphatic carbocycles. The Kier molecular flexibility index (Phi) is 5.93. The lowest BCUT2D eigenvalue weighted by Gasteiger charge is -2.15. The molecular weight excluding hydrogens is 320 g/mol. The molecule has 0 atom stereocenters. The molecule has 132 valence electrons. The lowest BCUT2D eigenvalue weighted by molar-refractivity contribution is 0.0449. The predicted molar refractivity (Wildman–Crippen MR) is 94.0 cm³/mol. The Hall–Kier alpha value is -2.66. The summed E-state index contributed by atoms with van der Waals surface area (Å²) in [4.78, 5) is 23.8. The first kappa shape index (κ1) is 18.7. The van der Waals surface area contributed by atoms with Crippen molar-refractivity contribution in [1.82, 2.24) is 0 Å². The van der Waals surface area contributed by atoms with Crippen molar-refractivity contribution in [2.45, 2.75) is 26.4 Å². The molecule has 2 aromatic carbocycles. The van der Waals surface area contributed by atoms with Gasteiger partial charge in [0.15, 0.2) is 5.78 Å². The molecule has 2 aromatic rings. The third-order valence-electron chi connectivity index (χ3n) is 3.54. The van der Waals surface area contributed by atoms with Gasteiger partial charge in [0, 0.05) is 5.56 Å². The number of aryl methyl sites for hydroxylation is 1. The van der Waals surface area contributed by atoms with Gasteiger partial charge >= 0.3 is 5.97 Å². The Balaban J connectivity index is 1.79. The number of aliphatic hydroxyl groups is 1. The Morgan fingerprint density at radius 1 is 0.920 bits per heavy atom. The van der Waals surface area contributed by atoms with E-state index in [9.17, 15) is 14.7 Å². The highest BCUT2D eigenvalue weighted by Crippen LogP contribution is 2.17. The minimum absolute atomic E-state index is 0.122. The molecular formula is C20H22O5. The summed E-state index contributed by atoms with van der Waals surface area (Å²) < 4.78 is 10.6. The van der Waals surface area contributed by atoms with E-state index in [0.29, 0.717) is 16.9 Å². The van der Waals surface area contributed by atoms with Crippen LogP contribution in [0.4, 0.5) is 0 Å². The van der Waals surface area contributed by atoms with Crippen LogP contribution in [-0.4, -0.2) is 35.7 Å². The molecule has 0 saturated carbocycles. The van der Waals surface area contributed by atoms with Crippen molar-refractivity contribution in [1.29, 1.82) is 0 Å². The summed E-state index contributed by atoms with van der Waals surface area (Å²) in [6.07, 6.45) is 0. The molecule has 0 bridgehead atoms. The number of carbonyl (C=O) groups excluding carboxylic acids is 2. The van der Waals surface area contributed by atoms with E-state index in [1.165, 1.54) is 13.8 Å². The lowest BCUT2D eigenvalue weighted by atomic mass is 9.97. The molecule has 0 unspecified atom stereocenters. The van der Waals surface area contributed by atoms with E-state index in [0.717, 1.165) is 5.56 Å². The molecule has 25 heavy (non-hydrogen) atoms. The summed E-state index contributed by atoms with van der Waals surface area (Å²) in [7, 11) is 0. The Morgan fingerprint density at radius 3 is 2.04 bits per heavy atom. The van der Waals surface area contributed by atoms with Crippen molar-refractivity contribution in [3.05, 3.63) is 65.2 Å². The van der Waals surface area contributed by atoms with Gasteiger partial charge in [-0.15, -0.1) is 0 Å². The molecule has 1 N–H and O–H groups in total. The highest BCUT2D eigenvalue weighted by molar-refractivity contribution is 6.01. The average Bonchev–Trinajstić information content (AvgIpc) is 2.58. The maximum atomic E-state index is 11.9. The van der Waals surface area contributed by atoms with Crippen molar-refractivity contribution in [2.75, 3.05) is 13.2 Å². The van der Waals surface area contributed by atoms with Gasteiger partial charge in [-0.1, -0.05) is 17.7 Å². The number of benzene rings is 2. The van der Waals surface area contributed by atoms with Gasteiger partial charge in [0.2, 0.25) is 0 Å². The summed E-state index contributed by atoms with van der Waals surface area (Å²) in [6, 6.07) is 13.6. The first-order chi connectivity index (χ1) is 11.8. The second kappa shape index (κ2) is 7.94. The maximum Gasteiger partial charge on any atom is 0.338 e. The normalized spacial score (nSPS) is 11.0. The molecule has 5 heteroatoms. The van der Waals surface area contributed by atoms with Crippen molar-refractivity contribution in [3.8, 4) is 5.75 Å². The molecule has 0 amide bonds. The Morgan fingerprint density at radius 2 is 1.48 bits per heavy atom. The summed E-state index contributed by atoms with van der Waals surface area (Å²) in [5, 5.41) is 9.71. The highest BCUT2D eigenvalue weighted by Gasteiger charge is 2.24. The number of Topliss-reactive ketones (excluding diaryl/α,β-unsaturated/α-hetero) is 1. The van der Waals surface area contributed by atoms with Gasteiger partial charge in [0.05, 0.1) is 5.56 Å². The fourth-order valence-corrected chi connectivity index (χ4v) is 2.12. The SMILES string of the molecule is Cc1ccc(C(=O)OCCOc2ccc(C(=O)C(C)(C)O)cc2)cc1. The molecule has 0 aromatic heterocycles. The summed E-state index contributed by atoms with van der Waals surface area (Å²) >= 11 is 0. The number of carbonyl (C=O) groups is 2. The van der Waals surface area contributed by atoms with Crippen molar-refractivity contribution >= 4 is 11.8 Å². The summed E-state index contributed by atoms with van der Waals surface area (Å²) in [5.41, 5.74) is 0.573. The van der Waals surface area contributed by atoms with Crippen molar-refractivity contribution < 1.29 is 24.2 Å².